The van der Waals surface area contributed by atoms with Gasteiger partial charge in [-0.25, -0.2) is 4.98 Å². The van der Waals surface area contributed by atoms with Crippen LogP contribution in [0.25, 0.3) is 27.5 Å². The number of rotatable bonds is 4. The molecular formula is C23H20N6. The predicted octanol–water partition coefficient (Wildman–Crippen LogP) is 4.78. The second-order valence-corrected chi connectivity index (χ2v) is 7.13. The van der Waals surface area contributed by atoms with E-state index in [9.17, 15) is 0 Å². The highest BCUT2D eigenvalue weighted by Gasteiger charge is 2.08. The zero-order chi connectivity index (χ0) is 19.8. The summed E-state index contributed by atoms with van der Waals surface area (Å²) in [6, 6.07) is 22.6. The van der Waals surface area contributed by atoms with Crippen molar-refractivity contribution in [3.8, 4) is 5.69 Å². The molecule has 0 saturated heterocycles. The Morgan fingerprint density at radius 1 is 0.931 bits per heavy atom. The topological polar surface area (TPSA) is 58.9 Å². The highest BCUT2D eigenvalue weighted by atomic mass is 15.2. The van der Waals surface area contributed by atoms with Crippen molar-refractivity contribution < 1.29 is 0 Å². The van der Waals surface area contributed by atoms with Crippen LogP contribution >= 0.6 is 0 Å². The molecule has 6 nitrogen and oxygen atoms in total. The van der Waals surface area contributed by atoms with Crippen LogP contribution in [0.3, 0.4) is 0 Å². The third-order valence-corrected chi connectivity index (χ3v) is 5.02. The summed E-state index contributed by atoms with van der Waals surface area (Å²) in [6.07, 6.45) is 3.63. The Hall–Kier alpha value is -3.93. The average molecular weight is 380 g/mol. The fourth-order valence-electron chi connectivity index (χ4n) is 3.46. The zero-order valence-electron chi connectivity index (χ0n) is 16.2. The lowest BCUT2D eigenvalue weighted by atomic mass is 10.2. The van der Waals surface area contributed by atoms with E-state index >= 15 is 0 Å². The number of nitrogens with zero attached hydrogens (tertiary/aromatic N) is 5. The molecule has 0 saturated carbocycles. The van der Waals surface area contributed by atoms with E-state index in [4.69, 9.17) is 0 Å². The number of aromatic nitrogens is 4. The Bertz CT molecular complexity index is 1300. The van der Waals surface area contributed by atoms with Gasteiger partial charge in [0, 0.05) is 41.9 Å². The van der Waals surface area contributed by atoms with Gasteiger partial charge in [-0.1, -0.05) is 24.3 Å². The number of benzene rings is 3. The van der Waals surface area contributed by atoms with E-state index < -0.39 is 0 Å². The molecule has 0 aliphatic heterocycles. The van der Waals surface area contributed by atoms with Crippen LogP contribution in [0, 0.1) is 0 Å². The van der Waals surface area contributed by atoms with Crippen LogP contribution in [0.1, 0.15) is 0 Å². The van der Waals surface area contributed by atoms with E-state index in [0.29, 0.717) is 0 Å². The van der Waals surface area contributed by atoms with Crippen molar-refractivity contribution >= 4 is 39.0 Å². The van der Waals surface area contributed by atoms with Crippen LogP contribution in [-0.2, 0) is 0 Å². The van der Waals surface area contributed by atoms with Gasteiger partial charge in [0.15, 0.2) is 5.82 Å². The molecule has 1 N–H and O–H groups in total. The molecule has 5 aromatic rings. The van der Waals surface area contributed by atoms with E-state index in [0.717, 1.165) is 39.0 Å². The fourth-order valence-corrected chi connectivity index (χ4v) is 3.46. The molecule has 0 atom stereocenters. The molecule has 142 valence electrons. The van der Waals surface area contributed by atoms with E-state index in [1.54, 1.807) is 6.20 Å². The van der Waals surface area contributed by atoms with Crippen LogP contribution in [0.15, 0.2) is 79.3 Å². The lowest BCUT2D eigenvalue weighted by Crippen LogP contribution is -2.08. The van der Waals surface area contributed by atoms with Gasteiger partial charge in [0.25, 0.3) is 0 Å². The Morgan fingerprint density at radius 2 is 1.76 bits per heavy atom. The van der Waals surface area contributed by atoms with Gasteiger partial charge in [-0.2, -0.15) is 5.10 Å². The molecule has 2 aromatic heterocycles. The second-order valence-electron chi connectivity index (χ2n) is 7.13. The molecule has 3 aromatic carbocycles. The van der Waals surface area contributed by atoms with Gasteiger partial charge < -0.3 is 10.2 Å². The Morgan fingerprint density at radius 3 is 2.59 bits per heavy atom. The fraction of sp³-hybridized carbons (Fsp3) is 0.0870. The minimum atomic E-state index is 0.737. The molecule has 0 bridgehead atoms. The van der Waals surface area contributed by atoms with Crippen molar-refractivity contribution in [1.29, 1.82) is 0 Å². The minimum Gasteiger partial charge on any atom is -0.378 e. The summed E-state index contributed by atoms with van der Waals surface area (Å²) < 4.78 is 2.09. The standard InChI is InChI=1S/C23H20N6/c1-28(2)18-8-10-19(11-9-18)29-15-24-21-13-17(7-12-22(21)29)26-23-20-6-4-3-5-16(20)14-25-27-23/h3-15H,1-2H3,(H,26,27). The summed E-state index contributed by atoms with van der Waals surface area (Å²) in [5, 5.41) is 13.8. The van der Waals surface area contributed by atoms with Crippen molar-refractivity contribution in [2.45, 2.75) is 0 Å². The summed E-state index contributed by atoms with van der Waals surface area (Å²) >= 11 is 0. The first-order chi connectivity index (χ1) is 14.2. The Balaban J connectivity index is 1.49. The Kier molecular flexibility index (Phi) is 4.09. The molecule has 29 heavy (non-hydrogen) atoms. The number of imidazole rings is 1. The lowest BCUT2D eigenvalue weighted by molar-refractivity contribution is 1.05. The van der Waals surface area contributed by atoms with Crippen molar-refractivity contribution in [3.05, 3.63) is 79.3 Å². The molecule has 0 fully saturated rings. The molecular weight excluding hydrogens is 360 g/mol. The van der Waals surface area contributed by atoms with Crippen LogP contribution in [0.4, 0.5) is 17.2 Å². The van der Waals surface area contributed by atoms with Crippen molar-refractivity contribution in [2.75, 3.05) is 24.3 Å². The van der Waals surface area contributed by atoms with Crippen LogP contribution in [0.2, 0.25) is 0 Å². The quantitative estimate of drug-likeness (QED) is 0.486. The number of hydrogen-bond donors (Lipinski definition) is 1. The first-order valence-electron chi connectivity index (χ1n) is 9.41. The molecule has 0 radical (unpaired) electrons. The van der Waals surface area contributed by atoms with Gasteiger partial charge >= 0.3 is 0 Å². The van der Waals surface area contributed by atoms with Crippen molar-refractivity contribution in [2.24, 2.45) is 0 Å². The molecule has 0 aliphatic carbocycles. The summed E-state index contributed by atoms with van der Waals surface area (Å²) in [5.41, 5.74) is 5.15. The molecule has 0 aliphatic rings. The molecule has 0 spiro atoms. The second kappa shape index (κ2) is 6.91. The zero-order valence-corrected chi connectivity index (χ0v) is 16.2. The first kappa shape index (κ1) is 17.2. The van der Waals surface area contributed by atoms with E-state index in [1.165, 1.54) is 5.69 Å². The van der Waals surface area contributed by atoms with E-state index in [2.05, 4.69) is 60.3 Å². The third-order valence-electron chi connectivity index (χ3n) is 5.02. The first-order valence-corrected chi connectivity index (χ1v) is 9.41. The average Bonchev–Trinajstić information content (AvgIpc) is 3.17. The molecule has 5 rings (SSSR count). The van der Waals surface area contributed by atoms with Gasteiger partial charge in [-0.3, -0.25) is 4.57 Å². The van der Waals surface area contributed by atoms with Crippen molar-refractivity contribution in [3.63, 3.8) is 0 Å². The summed E-state index contributed by atoms with van der Waals surface area (Å²) in [5.74, 6) is 0.737. The van der Waals surface area contributed by atoms with Crippen LogP contribution in [-0.4, -0.2) is 33.8 Å². The molecule has 0 unspecified atom stereocenters. The number of anilines is 3. The van der Waals surface area contributed by atoms with Gasteiger partial charge in [0.05, 0.1) is 17.2 Å². The van der Waals surface area contributed by atoms with E-state index in [1.807, 2.05) is 56.8 Å². The lowest BCUT2D eigenvalue weighted by Gasteiger charge is -2.13. The normalized spacial score (nSPS) is 11.1. The monoisotopic (exact) mass is 380 g/mol. The third kappa shape index (κ3) is 3.14. The van der Waals surface area contributed by atoms with Gasteiger partial charge in [0.2, 0.25) is 0 Å². The van der Waals surface area contributed by atoms with Gasteiger partial charge in [-0.05, 0) is 42.5 Å². The maximum atomic E-state index is 4.59. The Labute approximate surface area is 168 Å². The highest BCUT2D eigenvalue weighted by Crippen LogP contribution is 2.27. The van der Waals surface area contributed by atoms with E-state index in [-0.39, 0.29) is 0 Å². The number of hydrogen-bond acceptors (Lipinski definition) is 5. The number of fused-ring (bicyclic) bond motifs is 2. The smallest absolute Gasteiger partial charge is 0.160 e. The van der Waals surface area contributed by atoms with Crippen LogP contribution in [0.5, 0.6) is 0 Å². The summed E-state index contributed by atoms with van der Waals surface area (Å²) in [6.45, 7) is 0. The van der Waals surface area contributed by atoms with Crippen molar-refractivity contribution in [1.82, 2.24) is 19.7 Å². The molecule has 6 heteroatoms. The SMILES string of the molecule is CN(C)c1ccc(-n2cnc3cc(Nc4nncc5ccccc45)ccc32)cc1. The number of nitrogens with one attached hydrogen (secondary N) is 1. The van der Waals surface area contributed by atoms with Gasteiger partial charge in [-0.15, -0.1) is 5.10 Å². The molecule has 0 amide bonds. The predicted molar refractivity (Wildman–Crippen MR) is 118 cm³/mol. The summed E-state index contributed by atoms with van der Waals surface area (Å²) in [4.78, 5) is 6.68. The maximum absolute atomic E-state index is 4.59. The maximum Gasteiger partial charge on any atom is 0.160 e. The molecule has 2 heterocycles. The highest BCUT2D eigenvalue weighted by molar-refractivity contribution is 5.93. The summed E-state index contributed by atoms with van der Waals surface area (Å²) in [7, 11) is 4.08. The van der Waals surface area contributed by atoms with Crippen LogP contribution < -0.4 is 10.2 Å². The largest absolute Gasteiger partial charge is 0.378 e. The van der Waals surface area contributed by atoms with Gasteiger partial charge in [0.1, 0.15) is 6.33 Å². The minimum absolute atomic E-state index is 0.737.